The van der Waals surface area contributed by atoms with Crippen molar-refractivity contribution in [1.82, 2.24) is 0 Å². The van der Waals surface area contributed by atoms with Crippen LogP contribution < -0.4 is 34.7 Å². The number of hydrogen-bond acceptors (Lipinski definition) is 6. The molecule has 7 nitrogen and oxygen atoms in total. The summed E-state index contributed by atoms with van der Waals surface area (Å²) in [4.78, 5) is 23.0. The van der Waals surface area contributed by atoms with Crippen molar-refractivity contribution in [2.75, 3.05) is 0 Å². The minimum Gasteiger partial charge on any atom is -0.550 e. The standard InChI is InChI=1S/C12H22O7S.Na/c1-8(2)5-12(6-9(3)4,7-10(13)14)11(15)19-20(16,17)18;/h8-9H,5-7H2,1-4H3,(H,13,14)(H,16,17,18);/q;+1/p-1. The molecule has 0 heterocycles. The minimum absolute atomic E-state index is 0. The Labute approximate surface area is 147 Å². The van der Waals surface area contributed by atoms with Gasteiger partial charge in [0.05, 0.1) is 5.41 Å². The van der Waals surface area contributed by atoms with E-state index in [1.54, 1.807) is 27.7 Å². The molecule has 0 aromatic rings. The van der Waals surface area contributed by atoms with Gasteiger partial charge in [-0.3, -0.25) is 9.35 Å². The van der Waals surface area contributed by atoms with Crippen molar-refractivity contribution >= 4 is 22.3 Å². The SMILES string of the molecule is CC(C)CC(CC(=O)[O-])(CC(C)C)C(=O)OS(=O)(=O)O.[Na+]. The largest absolute Gasteiger partial charge is 1.00 e. The quantitative estimate of drug-likeness (QED) is 0.387. The third-order valence-electron chi connectivity index (χ3n) is 2.69. The summed E-state index contributed by atoms with van der Waals surface area (Å²) in [7, 11) is -4.98. The molecular formula is C12H21NaO7S. The van der Waals surface area contributed by atoms with Crippen LogP contribution in [-0.2, 0) is 24.2 Å². The van der Waals surface area contributed by atoms with Crippen molar-refractivity contribution in [3.8, 4) is 0 Å². The van der Waals surface area contributed by atoms with E-state index in [9.17, 15) is 23.1 Å². The van der Waals surface area contributed by atoms with Crippen LogP contribution in [0, 0.1) is 17.3 Å². The molecular weight excluding hydrogens is 311 g/mol. The van der Waals surface area contributed by atoms with Crippen LogP contribution in [0.2, 0.25) is 0 Å². The van der Waals surface area contributed by atoms with Crippen molar-refractivity contribution in [2.45, 2.75) is 47.0 Å². The van der Waals surface area contributed by atoms with E-state index < -0.39 is 34.2 Å². The van der Waals surface area contributed by atoms with E-state index in [0.717, 1.165) is 0 Å². The van der Waals surface area contributed by atoms with Crippen LogP contribution >= 0.6 is 0 Å². The van der Waals surface area contributed by atoms with Gasteiger partial charge in [-0.2, -0.15) is 8.42 Å². The monoisotopic (exact) mass is 332 g/mol. The molecule has 0 aliphatic heterocycles. The molecule has 118 valence electrons. The topological polar surface area (TPSA) is 121 Å². The number of carboxylic acid groups (broad SMARTS) is 1. The van der Waals surface area contributed by atoms with Gasteiger partial charge < -0.3 is 14.1 Å². The van der Waals surface area contributed by atoms with Crippen molar-refractivity contribution in [2.24, 2.45) is 17.3 Å². The average Bonchev–Trinajstić information content (AvgIpc) is 2.10. The van der Waals surface area contributed by atoms with E-state index >= 15 is 0 Å². The fraction of sp³-hybridized carbons (Fsp3) is 0.833. The fourth-order valence-electron chi connectivity index (χ4n) is 2.49. The molecule has 0 rings (SSSR count). The number of hydrogen-bond donors (Lipinski definition) is 1. The molecule has 0 aliphatic carbocycles. The zero-order chi connectivity index (χ0) is 16.1. The maximum atomic E-state index is 12.0. The predicted molar refractivity (Wildman–Crippen MR) is 68.6 cm³/mol. The Bertz CT molecular complexity index is 446. The number of rotatable bonds is 8. The summed E-state index contributed by atoms with van der Waals surface area (Å²) in [5.74, 6) is -2.87. The molecule has 21 heavy (non-hydrogen) atoms. The smallest absolute Gasteiger partial charge is 0.550 e. The summed E-state index contributed by atoms with van der Waals surface area (Å²) in [6, 6.07) is 0. The molecule has 0 aliphatic rings. The Hall–Kier alpha value is -0.150. The summed E-state index contributed by atoms with van der Waals surface area (Å²) >= 11 is 0. The average molecular weight is 332 g/mol. The molecule has 0 aromatic carbocycles. The molecule has 0 radical (unpaired) electrons. The first-order chi connectivity index (χ1) is 8.88. The van der Waals surface area contributed by atoms with Gasteiger partial charge >= 0.3 is 45.9 Å². The summed E-state index contributed by atoms with van der Waals surface area (Å²) in [5.41, 5.74) is -1.53. The second kappa shape index (κ2) is 9.09. The second-order valence-corrected chi connectivity index (χ2v) is 6.85. The number of aliphatic carboxylic acids is 1. The fourth-order valence-corrected chi connectivity index (χ4v) is 2.86. The zero-order valence-electron chi connectivity index (χ0n) is 13.1. The second-order valence-electron chi connectivity index (χ2n) is 5.82. The van der Waals surface area contributed by atoms with E-state index in [2.05, 4.69) is 4.18 Å². The van der Waals surface area contributed by atoms with Gasteiger partial charge in [0.2, 0.25) is 0 Å². The van der Waals surface area contributed by atoms with Gasteiger partial charge in [-0.1, -0.05) is 27.7 Å². The van der Waals surface area contributed by atoms with E-state index in [0.29, 0.717) is 0 Å². The third-order valence-corrected chi connectivity index (χ3v) is 3.06. The molecule has 0 saturated carbocycles. The number of carbonyl (C=O) groups is 2. The Morgan fingerprint density at radius 3 is 1.76 bits per heavy atom. The molecule has 1 N–H and O–H groups in total. The van der Waals surface area contributed by atoms with Gasteiger partial charge in [-0.05, 0) is 24.7 Å². The van der Waals surface area contributed by atoms with E-state index in [1.807, 2.05) is 0 Å². The predicted octanol–water partition coefficient (Wildman–Crippen LogP) is -2.44. The molecule has 9 heteroatoms. The van der Waals surface area contributed by atoms with Gasteiger partial charge in [-0.25, -0.2) is 0 Å². The summed E-state index contributed by atoms with van der Waals surface area (Å²) in [6.07, 6.45) is -0.418. The summed E-state index contributed by atoms with van der Waals surface area (Å²) in [5, 5.41) is 10.9. The maximum absolute atomic E-state index is 12.0. The van der Waals surface area contributed by atoms with Crippen LogP contribution in [0.5, 0.6) is 0 Å². The van der Waals surface area contributed by atoms with Gasteiger partial charge in [0, 0.05) is 12.4 Å². The molecule has 0 amide bonds. The molecule has 0 saturated heterocycles. The first-order valence-electron chi connectivity index (χ1n) is 6.29. The van der Waals surface area contributed by atoms with Gasteiger partial charge in [0.15, 0.2) is 0 Å². The van der Waals surface area contributed by atoms with Crippen LogP contribution in [0.1, 0.15) is 47.0 Å². The van der Waals surface area contributed by atoms with Crippen molar-refractivity contribution in [3.63, 3.8) is 0 Å². The number of carboxylic acids is 1. The van der Waals surface area contributed by atoms with Crippen LogP contribution in [0.15, 0.2) is 0 Å². The molecule has 0 spiro atoms. The van der Waals surface area contributed by atoms with E-state index in [-0.39, 0.29) is 54.2 Å². The van der Waals surface area contributed by atoms with Crippen LogP contribution in [0.4, 0.5) is 0 Å². The minimum atomic E-state index is -4.98. The molecule has 0 aromatic heterocycles. The first-order valence-corrected chi connectivity index (χ1v) is 7.65. The Balaban J connectivity index is 0. The third kappa shape index (κ3) is 9.46. The van der Waals surface area contributed by atoms with Crippen molar-refractivity contribution in [1.29, 1.82) is 0 Å². The Morgan fingerprint density at radius 2 is 1.52 bits per heavy atom. The van der Waals surface area contributed by atoms with Crippen molar-refractivity contribution in [3.05, 3.63) is 0 Å². The van der Waals surface area contributed by atoms with Gasteiger partial charge in [-0.15, -0.1) is 0 Å². The normalized spacial score (nSPS) is 12.1. The van der Waals surface area contributed by atoms with Crippen LogP contribution in [-0.4, -0.2) is 24.9 Å². The molecule has 0 fully saturated rings. The Morgan fingerprint density at radius 1 is 1.14 bits per heavy atom. The summed E-state index contributed by atoms with van der Waals surface area (Å²) < 4.78 is 34.0. The molecule has 0 unspecified atom stereocenters. The van der Waals surface area contributed by atoms with Crippen LogP contribution in [0.3, 0.4) is 0 Å². The van der Waals surface area contributed by atoms with Gasteiger partial charge in [0.25, 0.3) is 0 Å². The zero-order valence-corrected chi connectivity index (χ0v) is 15.9. The van der Waals surface area contributed by atoms with E-state index in [1.165, 1.54) is 0 Å². The van der Waals surface area contributed by atoms with Crippen LogP contribution in [0.25, 0.3) is 0 Å². The maximum Gasteiger partial charge on any atom is 1.00 e. The molecule has 0 bridgehead atoms. The molecule has 0 atom stereocenters. The number of carbonyl (C=O) groups excluding carboxylic acids is 2. The first kappa shape index (κ1) is 23.1. The van der Waals surface area contributed by atoms with E-state index in [4.69, 9.17) is 4.55 Å². The van der Waals surface area contributed by atoms with Crippen molar-refractivity contribution < 1.29 is 61.4 Å². The summed E-state index contributed by atoms with van der Waals surface area (Å²) in [6.45, 7) is 7.08. The Kier molecular flexibility index (Phi) is 10.0. The van der Waals surface area contributed by atoms with Gasteiger partial charge in [0.1, 0.15) is 0 Å².